The molecule has 0 aliphatic carbocycles. The number of nitrogens with one attached hydrogen (secondary N) is 1. The minimum Gasteiger partial charge on any atom is -0.394 e. The Morgan fingerprint density at radius 3 is 1.73 bits per heavy atom. The minimum absolute atomic E-state index is 0.156. The number of aliphatic hydroxyl groups is 4. The van der Waals surface area contributed by atoms with Crippen LogP contribution < -0.4 is 5.32 Å². The van der Waals surface area contributed by atoms with E-state index in [1.54, 1.807) is 6.08 Å². The molecule has 0 aliphatic rings. The van der Waals surface area contributed by atoms with Gasteiger partial charge >= 0.3 is 0 Å². The Kier molecular flexibility index (Phi) is 31.4. The number of aliphatic hydroxyl groups excluding tert-OH is 4. The molecule has 4 atom stereocenters. The quantitative estimate of drug-likeness (QED) is 0.0395. The maximum atomic E-state index is 12.3. The van der Waals surface area contributed by atoms with Crippen LogP contribution in [0.25, 0.3) is 0 Å². The van der Waals surface area contributed by atoms with Gasteiger partial charge in [-0.25, -0.2) is 0 Å². The van der Waals surface area contributed by atoms with Gasteiger partial charge in [0.15, 0.2) is 0 Å². The van der Waals surface area contributed by atoms with Crippen molar-refractivity contribution >= 4 is 5.91 Å². The fourth-order valence-corrected chi connectivity index (χ4v) is 5.04. The maximum Gasteiger partial charge on any atom is 0.220 e. The van der Waals surface area contributed by atoms with Gasteiger partial charge in [-0.3, -0.25) is 4.79 Å². The molecular formula is C38H69NO5. The first-order valence-corrected chi connectivity index (χ1v) is 18.0. The van der Waals surface area contributed by atoms with Crippen LogP contribution in [0.1, 0.15) is 155 Å². The van der Waals surface area contributed by atoms with E-state index in [4.69, 9.17) is 0 Å². The van der Waals surface area contributed by atoms with Crippen molar-refractivity contribution in [3.63, 3.8) is 0 Å². The van der Waals surface area contributed by atoms with Gasteiger partial charge in [-0.1, -0.05) is 140 Å². The molecule has 0 aromatic carbocycles. The molecule has 44 heavy (non-hydrogen) atoms. The van der Waals surface area contributed by atoms with Crippen LogP contribution in [0.3, 0.4) is 0 Å². The first-order chi connectivity index (χ1) is 21.5. The third kappa shape index (κ3) is 27.8. The highest BCUT2D eigenvalue weighted by atomic mass is 16.3. The Bertz CT molecular complexity index is 748. The van der Waals surface area contributed by atoms with E-state index in [1.807, 2.05) is 18.2 Å². The molecule has 0 radical (unpaired) electrons. The highest BCUT2D eigenvalue weighted by Crippen LogP contribution is 2.13. The minimum atomic E-state index is -0.947. The smallest absolute Gasteiger partial charge is 0.220 e. The average Bonchev–Trinajstić information content (AvgIpc) is 3.02. The highest BCUT2D eigenvalue weighted by Gasteiger charge is 2.19. The van der Waals surface area contributed by atoms with Gasteiger partial charge in [-0.15, -0.1) is 0 Å². The lowest BCUT2D eigenvalue weighted by Crippen LogP contribution is -2.45. The zero-order chi connectivity index (χ0) is 32.5. The first kappa shape index (κ1) is 42.3. The summed E-state index contributed by atoms with van der Waals surface area (Å²) < 4.78 is 0. The van der Waals surface area contributed by atoms with Gasteiger partial charge in [0.05, 0.1) is 31.0 Å². The summed E-state index contributed by atoms with van der Waals surface area (Å²) in [6.07, 6.45) is 36.4. The predicted octanol–water partition coefficient (Wildman–Crippen LogP) is 8.39. The lowest BCUT2D eigenvalue weighted by Gasteiger charge is -2.20. The normalized spacial score (nSPS) is 15.1. The Morgan fingerprint density at radius 1 is 0.614 bits per heavy atom. The zero-order valence-electron chi connectivity index (χ0n) is 28.4. The third-order valence-corrected chi connectivity index (χ3v) is 8.01. The van der Waals surface area contributed by atoms with Crippen molar-refractivity contribution < 1.29 is 25.2 Å². The molecule has 5 N–H and O–H groups in total. The Hall–Kier alpha value is -1.73. The SMILES string of the molecule is CCCCC/C=C\C/C=C\C/C=C\CC(O)C(O)CCCC(=O)N[C@@H](CO)[C@H](O)/C=C/CCCCCCCCCCCCC. The van der Waals surface area contributed by atoms with Crippen LogP contribution >= 0.6 is 0 Å². The van der Waals surface area contributed by atoms with Crippen molar-refractivity contribution in [2.24, 2.45) is 0 Å². The van der Waals surface area contributed by atoms with Gasteiger partial charge in [0.25, 0.3) is 0 Å². The van der Waals surface area contributed by atoms with Gasteiger partial charge < -0.3 is 25.7 Å². The number of rotatable bonds is 31. The van der Waals surface area contributed by atoms with E-state index in [9.17, 15) is 25.2 Å². The molecule has 0 aliphatic heterocycles. The fourth-order valence-electron chi connectivity index (χ4n) is 5.04. The molecule has 256 valence electrons. The van der Waals surface area contributed by atoms with Crippen LogP contribution in [0.4, 0.5) is 0 Å². The van der Waals surface area contributed by atoms with Crippen molar-refractivity contribution in [2.75, 3.05) is 6.61 Å². The second-order valence-electron chi connectivity index (χ2n) is 12.2. The molecule has 0 heterocycles. The molecule has 1 amide bonds. The van der Waals surface area contributed by atoms with Gasteiger partial charge in [0, 0.05) is 6.42 Å². The van der Waals surface area contributed by atoms with Crippen LogP contribution in [0.15, 0.2) is 48.6 Å². The summed E-state index contributed by atoms with van der Waals surface area (Å²) in [6, 6.07) is -0.757. The lowest BCUT2D eigenvalue weighted by molar-refractivity contribution is -0.123. The Morgan fingerprint density at radius 2 is 1.11 bits per heavy atom. The van der Waals surface area contributed by atoms with Gasteiger partial charge in [-0.2, -0.15) is 0 Å². The van der Waals surface area contributed by atoms with E-state index in [0.29, 0.717) is 19.3 Å². The number of hydrogen-bond acceptors (Lipinski definition) is 5. The van der Waals surface area contributed by atoms with Crippen molar-refractivity contribution in [3.8, 4) is 0 Å². The summed E-state index contributed by atoms with van der Waals surface area (Å²) in [5.41, 5.74) is 0. The predicted molar refractivity (Wildman–Crippen MR) is 187 cm³/mol. The summed E-state index contributed by atoms with van der Waals surface area (Å²) in [7, 11) is 0. The summed E-state index contributed by atoms with van der Waals surface area (Å²) in [5, 5.41) is 43.2. The van der Waals surface area contributed by atoms with Crippen LogP contribution in [0.2, 0.25) is 0 Å². The van der Waals surface area contributed by atoms with Crippen LogP contribution in [-0.4, -0.2) is 57.3 Å². The molecule has 0 bridgehead atoms. The molecule has 0 spiro atoms. The average molecular weight is 620 g/mol. The first-order valence-electron chi connectivity index (χ1n) is 18.0. The van der Waals surface area contributed by atoms with E-state index in [0.717, 1.165) is 32.1 Å². The molecule has 0 fully saturated rings. The van der Waals surface area contributed by atoms with Gasteiger partial charge in [0.1, 0.15) is 0 Å². The van der Waals surface area contributed by atoms with Gasteiger partial charge in [-0.05, 0) is 57.8 Å². The number of unbranched alkanes of at least 4 members (excludes halogenated alkanes) is 14. The molecule has 0 saturated heterocycles. The maximum absolute atomic E-state index is 12.3. The Labute approximate surface area is 270 Å². The second kappa shape index (κ2) is 32.7. The molecule has 6 heteroatoms. The zero-order valence-corrected chi connectivity index (χ0v) is 28.4. The second-order valence-corrected chi connectivity index (χ2v) is 12.2. The number of hydrogen-bond donors (Lipinski definition) is 5. The standard InChI is InChI=1S/C38H69NO5/c1-3-5-7-9-11-13-15-17-19-20-22-24-26-29-35(41)34(33-40)39-38(44)32-28-31-37(43)36(42)30-27-25-23-21-18-16-14-12-10-8-6-4-2/h12,14,18,21,25-27,29,34-37,40-43H,3-11,13,15-17,19-20,22-24,28,30-33H2,1-2H3,(H,39,44)/b14-12-,21-18-,27-25-,29-26+/t34-,35+,36?,37?/m0/s1. The van der Waals surface area contributed by atoms with Crippen LogP contribution in [0.5, 0.6) is 0 Å². The number of carbonyl (C=O) groups is 1. The number of allylic oxidation sites excluding steroid dienone is 6. The van der Waals surface area contributed by atoms with Crippen LogP contribution in [0, 0.1) is 0 Å². The van der Waals surface area contributed by atoms with E-state index < -0.39 is 24.4 Å². The summed E-state index contributed by atoms with van der Waals surface area (Å²) in [5.74, 6) is -0.286. The van der Waals surface area contributed by atoms with E-state index in [1.165, 1.54) is 83.5 Å². The fraction of sp³-hybridized carbons (Fsp3) is 0.763. The Balaban J connectivity index is 3.96. The largest absolute Gasteiger partial charge is 0.394 e. The molecule has 0 aromatic heterocycles. The topological polar surface area (TPSA) is 110 Å². The molecule has 0 rings (SSSR count). The third-order valence-electron chi connectivity index (χ3n) is 8.01. The van der Waals surface area contributed by atoms with Crippen molar-refractivity contribution in [2.45, 2.75) is 179 Å². The van der Waals surface area contributed by atoms with E-state index in [-0.39, 0.29) is 18.9 Å². The van der Waals surface area contributed by atoms with Crippen molar-refractivity contribution in [3.05, 3.63) is 48.6 Å². The van der Waals surface area contributed by atoms with Gasteiger partial charge in [0.2, 0.25) is 5.91 Å². The summed E-state index contributed by atoms with van der Waals surface area (Å²) in [4.78, 5) is 12.3. The molecule has 0 aromatic rings. The molecule has 0 saturated carbocycles. The monoisotopic (exact) mass is 620 g/mol. The summed E-state index contributed by atoms with van der Waals surface area (Å²) >= 11 is 0. The molecular weight excluding hydrogens is 550 g/mol. The van der Waals surface area contributed by atoms with Crippen LogP contribution in [-0.2, 0) is 4.79 Å². The van der Waals surface area contributed by atoms with Crippen molar-refractivity contribution in [1.82, 2.24) is 5.32 Å². The summed E-state index contributed by atoms with van der Waals surface area (Å²) in [6.45, 7) is 4.11. The molecule has 6 nitrogen and oxygen atoms in total. The highest BCUT2D eigenvalue weighted by molar-refractivity contribution is 5.76. The molecule has 2 unspecified atom stereocenters. The van der Waals surface area contributed by atoms with E-state index >= 15 is 0 Å². The van der Waals surface area contributed by atoms with E-state index in [2.05, 4.69) is 43.5 Å². The number of amides is 1. The lowest BCUT2D eigenvalue weighted by atomic mass is 10.0. The van der Waals surface area contributed by atoms with Crippen molar-refractivity contribution in [1.29, 1.82) is 0 Å². The number of carbonyl (C=O) groups excluding carboxylic acids is 1.